The van der Waals surface area contributed by atoms with Gasteiger partial charge in [0.25, 0.3) is 0 Å². The van der Waals surface area contributed by atoms with Crippen LogP contribution in [0.15, 0.2) is 53.8 Å². The molecular weight excluding hydrogens is 324 g/mol. The predicted molar refractivity (Wildman–Crippen MR) is 108 cm³/mol. The highest BCUT2D eigenvalue weighted by Crippen LogP contribution is 2.15. The van der Waals surface area contributed by atoms with Crippen LogP contribution in [0.2, 0.25) is 0 Å². The number of hydrogen-bond donors (Lipinski definition) is 3. The summed E-state index contributed by atoms with van der Waals surface area (Å²) in [5, 5.41) is 14.7. The molecule has 0 amide bonds. The maximum Gasteiger partial charge on any atom is 0.191 e. The zero-order valence-electron chi connectivity index (χ0n) is 16.4. The highest BCUT2D eigenvalue weighted by molar-refractivity contribution is 5.79. The van der Waals surface area contributed by atoms with Crippen LogP contribution < -0.4 is 16.0 Å². The van der Waals surface area contributed by atoms with Crippen LogP contribution in [0.4, 0.5) is 0 Å². The number of nitrogens with zero attached hydrogens (tertiary/aromatic N) is 3. The fraction of sp³-hybridized carbons (Fsp3) is 0.500. The van der Waals surface area contributed by atoms with E-state index in [0.717, 1.165) is 32.0 Å². The van der Waals surface area contributed by atoms with Gasteiger partial charge in [-0.25, -0.2) is 0 Å². The van der Waals surface area contributed by atoms with Crippen molar-refractivity contribution >= 4 is 5.96 Å². The average molecular weight is 357 g/mol. The third-order valence-electron chi connectivity index (χ3n) is 4.24. The van der Waals surface area contributed by atoms with Crippen molar-refractivity contribution in [1.29, 1.82) is 0 Å². The molecule has 0 fully saturated rings. The number of aryl methyl sites for hydroxylation is 1. The number of nitrogens with one attached hydrogen (secondary N) is 3. The van der Waals surface area contributed by atoms with E-state index in [-0.39, 0.29) is 11.6 Å². The Hall–Kier alpha value is -2.34. The molecule has 0 radical (unpaired) electrons. The van der Waals surface area contributed by atoms with E-state index in [9.17, 15) is 0 Å². The predicted octanol–water partition coefficient (Wildman–Crippen LogP) is 2.57. The van der Waals surface area contributed by atoms with Gasteiger partial charge < -0.3 is 16.0 Å². The van der Waals surface area contributed by atoms with Crippen LogP contribution in [0.25, 0.3) is 0 Å². The van der Waals surface area contributed by atoms with Gasteiger partial charge in [-0.05, 0) is 38.8 Å². The van der Waals surface area contributed by atoms with E-state index in [1.54, 1.807) is 13.2 Å². The molecule has 0 saturated carbocycles. The van der Waals surface area contributed by atoms with E-state index >= 15 is 0 Å². The first-order valence-electron chi connectivity index (χ1n) is 9.25. The van der Waals surface area contributed by atoms with Crippen molar-refractivity contribution in [3.05, 3.63) is 54.4 Å². The van der Waals surface area contributed by atoms with Gasteiger partial charge in [0.05, 0.1) is 0 Å². The van der Waals surface area contributed by atoms with Gasteiger partial charge in [0.1, 0.15) is 0 Å². The Kier molecular flexibility index (Phi) is 7.66. The highest BCUT2D eigenvalue weighted by atomic mass is 15.3. The van der Waals surface area contributed by atoms with Crippen LogP contribution in [-0.2, 0) is 6.54 Å². The lowest BCUT2D eigenvalue weighted by Crippen LogP contribution is -2.52. The Bertz CT molecular complexity index is 648. The smallest absolute Gasteiger partial charge is 0.191 e. The number of aromatic nitrogens is 2. The van der Waals surface area contributed by atoms with Gasteiger partial charge in [-0.15, -0.1) is 0 Å². The van der Waals surface area contributed by atoms with Crippen molar-refractivity contribution in [1.82, 2.24) is 25.7 Å². The summed E-state index contributed by atoms with van der Waals surface area (Å²) in [5.74, 6) is 0.827. The highest BCUT2D eigenvalue weighted by Gasteiger charge is 2.21. The van der Waals surface area contributed by atoms with Gasteiger partial charge in [0, 0.05) is 50.7 Å². The molecule has 0 aliphatic heterocycles. The van der Waals surface area contributed by atoms with Gasteiger partial charge in [-0.2, -0.15) is 5.10 Å². The molecule has 0 spiro atoms. The van der Waals surface area contributed by atoms with Crippen LogP contribution in [0.1, 0.15) is 38.8 Å². The summed E-state index contributed by atoms with van der Waals surface area (Å²) in [6.45, 7) is 9.13. The maximum atomic E-state index is 4.31. The largest absolute Gasteiger partial charge is 0.356 e. The summed E-state index contributed by atoms with van der Waals surface area (Å²) in [5.41, 5.74) is 1.23. The molecule has 6 nitrogen and oxygen atoms in total. The minimum Gasteiger partial charge on any atom is -0.356 e. The Balaban J connectivity index is 1.71. The van der Waals surface area contributed by atoms with Crippen molar-refractivity contribution < 1.29 is 0 Å². The quantitative estimate of drug-likeness (QED) is 0.367. The average Bonchev–Trinajstić information content (AvgIpc) is 3.15. The number of benzene rings is 1. The fourth-order valence-electron chi connectivity index (χ4n) is 2.87. The van der Waals surface area contributed by atoms with Gasteiger partial charge in [-0.3, -0.25) is 9.67 Å². The summed E-state index contributed by atoms with van der Waals surface area (Å²) >= 11 is 0. The van der Waals surface area contributed by atoms with Crippen LogP contribution in [0, 0.1) is 0 Å². The van der Waals surface area contributed by atoms with E-state index in [4.69, 9.17) is 0 Å². The van der Waals surface area contributed by atoms with Gasteiger partial charge in [0.15, 0.2) is 5.96 Å². The van der Waals surface area contributed by atoms with Crippen molar-refractivity contribution in [3.8, 4) is 0 Å². The molecule has 0 bridgehead atoms. The first kappa shape index (κ1) is 20.0. The van der Waals surface area contributed by atoms with Crippen LogP contribution in [-0.4, -0.2) is 41.4 Å². The molecule has 0 saturated heterocycles. The zero-order valence-corrected chi connectivity index (χ0v) is 16.4. The first-order chi connectivity index (χ1) is 12.5. The minimum absolute atomic E-state index is 0.0675. The Morgan fingerprint density at radius 1 is 1.19 bits per heavy atom. The van der Waals surface area contributed by atoms with Crippen molar-refractivity contribution in [2.75, 3.05) is 20.1 Å². The van der Waals surface area contributed by atoms with Gasteiger partial charge in [-0.1, -0.05) is 30.3 Å². The second kappa shape index (κ2) is 9.97. The number of hydrogen-bond acceptors (Lipinski definition) is 3. The molecule has 142 valence electrons. The summed E-state index contributed by atoms with van der Waals surface area (Å²) in [4.78, 5) is 4.31. The molecule has 26 heavy (non-hydrogen) atoms. The third-order valence-corrected chi connectivity index (χ3v) is 4.24. The molecular formula is C20H32N6. The number of rotatable bonds is 9. The molecule has 0 aliphatic rings. The van der Waals surface area contributed by atoms with E-state index in [2.05, 4.69) is 71.1 Å². The van der Waals surface area contributed by atoms with Crippen LogP contribution >= 0.6 is 0 Å². The van der Waals surface area contributed by atoms with Gasteiger partial charge in [0.2, 0.25) is 0 Å². The first-order valence-corrected chi connectivity index (χ1v) is 9.25. The molecule has 1 aromatic heterocycles. The summed E-state index contributed by atoms with van der Waals surface area (Å²) < 4.78 is 1.94. The van der Waals surface area contributed by atoms with Crippen molar-refractivity contribution in [2.45, 2.75) is 45.3 Å². The standard InChI is InChI=1S/C20H32N6/c1-17(18-10-6-5-7-11-18)25-20(2,3)16-23-19(21-4)22-12-8-14-26-15-9-13-24-26/h5-7,9-11,13,15,17,25H,8,12,14,16H2,1-4H3,(H2,21,22,23). The lowest BCUT2D eigenvalue weighted by Gasteiger charge is -2.31. The Labute approximate surface area is 157 Å². The molecule has 1 aromatic carbocycles. The van der Waals surface area contributed by atoms with E-state index < -0.39 is 0 Å². The van der Waals surface area contributed by atoms with E-state index in [1.165, 1.54) is 5.56 Å². The molecule has 2 aromatic rings. The second-order valence-corrected chi connectivity index (χ2v) is 7.14. The summed E-state index contributed by atoms with van der Waals surface area (Å²) in [6.07, 6.45) is 4.78. The number of guanidine groups is 1. The number of aliphatic imine (C=N–C) groups is 1. The molecule has 3 N–H and O–H groups in total. The topological polar surface area (TPSA) is 66.3 Å². The molecule has 6 heteroatoms. The normalized spacial score (nSPS) is 13.5. The lowest BCUT2D eigenvalue weighted by atomic mass is 10.0. The Morgan fingerprint density at radius 3 is 2.62 bits per heavy atom. The van der Waals surface area contributed by atoms with Crippen LogP contribution in [0.5, 0.6) is 0 Å². The van der Waals surface area contributed by atoms with Crippen molar-refractivity contribution in [3.63, 3.8) is 0 Å². The molecule has 1 heterocycles. The maximum absolute atomic E-state index is 4.31. The fourth-order valence-corrected chi connectivity index (χ4v) is 2.87. The molecule has 0 aliphatic carbocycles. The monoisotopic (exact) mass is 356 g/mol. The zero-order chi connectivity index (χ0) is 18.8. The minimum atomic E-state index is -0.0675. The molecule has 1 unspecified atom stereocenters. The SMILES string of the molecule is CN=C(NCCCn1cccn1)NCC(C)(C)NC(C)c1ccccc1. The summed E-state index contributed by atoms with van der Waals surface area (Å²) in [7, 11) is 1.80. The van der Waals surface area contributed by atoms with E-state index in [1.807, 2.05) is 23.0 Å². The summed E-state index contributed by atoms with van der Waals surface area (Å²) in [6, 6.07) is 12.7. The van der Waals surface area contributed by atoms with E-state index in [0.29, 0.717) is 0 Å². The lowest BCUT2D eigenvalue weighted by molar-refractivity contribution is 0.344. The van der Waals surface area contributed by atoms with Gasteiger partial charge >= 0.3 is 0 Å². The van der Waals surface area contributed by atoms with Crippen LogP contribution in [0.3, 0.4) is 0 Å². The third kappa shape index (κ3) is 6.88. The Morgan fingerprint density at radius 2 is 1.96 bits per heavy atom. The van der Waals surface area contributed by atoms with Crippen molar-refractivity contribution in [2.24, 2.45) is 4.99 Å². The molecule has 2 rings (SSSR count). The molecule has 1 atom stereocenters. The second-order valence-electron chi connectivity index (χ2n) is 7.14.